The SMILES string of the molecule is COc1cc(-c2ccncc2)ccc1C(=O)NC(CO)c1ccc(C)cc1C. The number of ether oxygens (including phenoxy) is 1. The Bertz CT molecular complexity index is 971. The van der Waals surface area contributed by atoms with E-state index in [2.05, 4.69) is 10.3 Å². The average Bonchev–Trinajstić information content (AvgIpc) is 2.72. The first-order chi connectivity index (χ1) is 13.5. The van der Waals surface area contributed by atoms with Gasteiger partial charge in [-0.15, -0.1) is 0 Å². The number of rotatable bonds is 6. The van der Waals surface area contributed by atoms with E-state index in [4.69, 9.17) is 4.74 Å². The third kappa shape index (κ3) is 4.21. The molecule has 144 valence electrons. The molecule has 5 nitrogen and oxygen atoms in total. The van der Waals surface area contributed by atoms with E-state index in [0.29, 0.717) is 11.3 Å². The molecule has 0 saturated heterocycles. The number of carbonyl (C=O) groups excluding carboxylic acids is 1. The molecule has 1 amide bonds. The summed E-state index contributed by atoms with van der Waals surface area (Å²) >= 11 is 0. The lowest BCUT2D eigenvalue weighted by atomic mass is 9.99. The minimum absolute atomic E-state index is 0.187. The molecular formula is C23H24N2O3. The van der Waals surface area contributed by atoms with Crippen LogP contribution >= 0.6 is 0 Å². The van der Waals surface area contributed by atoms with Crippen molar-refractivity contribution in [3.05, 3.63) is 83.2 Å². The van der Waals surface area contributed by atoms with Crippen LogP contribution in [0.15, 0.2) is 60.9 Å². The molecule has 0 aliphatic heterocycles. The third-order valence-electron chi connectivity index (χ3n) is 4.75. The molecule has 0 fully saturated rings. The predicted molar refractivity (Wildman–Crippen MR) is 109 cm³/mol. The van der Waals surface area contributed by atoms with Gasteiger partial charge in [-0.25, -0.2) is 0 Å². The number of nitrogens with zero attached hydrogens (tertiary/aromatic N) is 1. The summed E-state index contributed by atoms with van der Waals surface area (Å²) in [6, 6.07) is 14.7. The molecule has 0 aliphatic carbocycles. The maximum absolute atomic E-state index is 12.9. The van der Waals surface area contributed by atoms with Gasteiger partial charge in [0.25, 0.3) is 5.91 Å². The van der Waals surface area contributed by atoms with Crippen molar-refractivity contribution in [1.29, 1.82) is 0 Å². The number of aliphatic hydroxyl groups excluding tert-OH is 1. The van der Waals surface area contributed by atoms with Gasteiger partial charge >= 0.3 is 0 Å². The van der Waals surface area contributed by atoms with Gasteiger partial charge in [-0.2, -0.15) is 0 Å². The Morgan fingerprint density at radius 2 is 1.82 bits per heavy atom. The van der Waals surface area contributed by atoms with E-state index < -0.39 is 6.04 Å². The van der Waals surface area contributed by atoms with E-state index in [-0.39, 0.29) is 12.5 Å². The number of nitrogens with one attached hydrogen (secondary N) is 1. The van der Waals surface area contributed by atoms with Gasteiger partial charge in [0.05, 0.1) is 25.3 Å². The lowest BCUT2D eigenvalue weighted by Crippen LogP contribution is -2.31. The molecule has 0 aliphatic rings. The summed E-state index contributed by atoms with van der Waals surface area (Å²) in [5, 5.41) is 12.8. The molecule has 0 spiro atoms. The van der Waals surface area contributed by atoms with Crippen LogP contribution in [0.4, 0.5) is 0 Å². The number of amides is 1. The Labute approximate surface area is 165 Å². The van der Waals surface area contributed by atoms with Crippen molar-refractivity contribution < 1.29 is 14.6 Å². The fourth-order valence-electron chi connectivity index (χ4n) is 3.28. The van der Waals surface area contributed by atoms with Crippen LogP contribution in [0.1, 0.15) is 33.1 Å². The topological polar surface area (TPSA) is 71.5 Å². The number of benzene rings is 2. The van der Waals surface area contributed by atoms with Crippen LogP contribution in [0.2, 0.25) is 0 Å². The first-order valence-electron chi connectivity index (χ1n) is 9.10. The molecule has 3 rings (SSSR count). The average molecular weight is 376 g/mol. The van der Waals surface area contributed by atoms with Crippen LogP contribution in [0.3, 0.4) is 0 Å². The molecule has 2 N–H and O–H groups in total. The van der Waals surface area contributed by atoms with Gasteiger partial charge in [0.15, 0.2) is 0 Å². The zero-order chi connectivity index (χ0) is 20.1. The molecule has 1 unspecified atom stereocenters. The van der Waals surface area contributed by atoms with Crippen LogP contribution < -0.4 is 10.1 Å². The standard InChI is InChI=1S/C23H24N2O3/c1-15-4-6-19(16(2)12-15)21(14-26)25-23(27)20-7-5-18(13-22(20)28-3)17-8-10-24-11-9-17/h4-13,21,26H,14H2,1-3H3,(H,25,27). The zero-order valence-corrected chi connectivity index (χ0v) is 16.3. The third-order valence-corrected chi connectivity index (χ3v) is 4.75. The maximum atomic E-state index is 12.9. The normalized spacial score (nSPS) is 11.7. The Balaban J connectivity index is 1.87. The second-order valence-corrected chi connectivity index (χ2v) is 6.72. The highest BCUT2D eigenvalue weighted by Crippen LogP contribution is 2.28. The Hall–Kier alpha value is -3.18. The highest BCUT2D eigenvalue weighted by molar-refractivity contribution is 5.98. The van der Waals surface area contributed by atoms with E-state index in [1.54, 1.807) is 18.5 Å². The van der Waals surface area contributed by atoms with Crippen LogP contribution in [0.25, 0.3) is 11.1 Å². The van der Waals surface area contributed by atoms with Gasteiger partial charge in [0, 0.05) is 12.4 Å². The van der Waals surface area contributed by atoms with E-state index in [1.165, 1.54) is 7.11 Å². The van der Waals surface area contributed by atoms with Gasteiger partial charge in [-0.05, 0) is 60.4 Å². The van der Waals surface area contributed by atoms with Crippen molar-refractivity contribution in [3.63, 3.8) is 0 Å². The summed E-state index contributed by atoms with van der Waals surface area (Å²) < 4.78 is 5.45. The molecule has 1 heterocycles. The number of methoxy groups -OCH3 is 1. The summed E-state index contributed by atoms with van der Waals surface area (Å²) in [7, 11) is 1.54. The summed E-state index contributed by atoms with van der Waals surface area (Å²) in [5.41, 5.74) is 5.40. The van der Waals surface area contributed by atoms with Crippen LogP contribution in [-0.4, -0.2) is 29.7 Å². The predicted octanol–water partition coefficient (Wildman–Crippen LogP) is 3.84. The number of aromatic nitrogens is 1. The minimum Gasteiger partial charge on any atom is -0.496 e. The first kappa shape index (κ1) is 19.6. The largest absolute Gasteiger partial charge is 0.496 e. The van der Waals surface area contributed by atoms with Gasteiger partial charge in [-0.3, -0.25) is 9.78 Å². The van der Waals surface area contributed by atoms with Crippen molar-refractivity contribution >= 4 is 5.91 Å². The highest BCUT2D eigenvalue weighted by Gasteiger charge is 2.20. The number of aryl methyl sites for hydroxylation is 2. The Morgan fingerprint density at radius 1 is 1.07 bits per heavy atom. The number of pyridine rings is 1. The molecule has 0 saturated carbocycles. The summed E-state index contributed by atoms with van der Waals surface area (Å²) in [6.45, 7) is 3.80. The summed E-state index contributed by atoms with van der Waals surface area (Å²) in [6.07, 6.45) is 3.44. The van der Waals surface area contributed by atoms with Gasteiger partial charge in [-0.1, -0.05) is 29.8 Å². The molecule has 0 radical (unpaired) electrons. The summed E-state index contributed by atoms with van der Waals surface area (Å²) in [4.78, 5) is 16.9. The van der Waals surface area contributed by atoms with Gasteiger partial charge < -0.3 is 15.2 Å². The number of carbonyl (C=O) groups is 1. The molecule has 5 heteroatoms. The van der Waals surface area contributed by atoms with Crippen molar-refractivity contribution in [2.45, 2.75) is 19.9 Å². The van der Waals surface area contributed by atoms with E-state index in [1.807, 2.05) is 56.3 Å². The molecule has 1 aromatic heterocycles. The molecule has 2 aromatic carbocycles. The molecular weight excluding hydrogens is 352 g/mol. The number of hydrogen-bond donors (Lipinski definition) is 2. The zero-order valence-electron chi connectivity index (χ0n) is 16.3. The molecule has 28 heavy (non-hydrogen) atoms. The monoisotopic (exact) mass is 376 g/mol. The Morgan fingerprint density at radius 3 is 2.46 bits per heavy atom. The second kappa shape index (κ2) is 8.67. The highest BCUT2D eigenvalue weighted by atomic mass is 16.5. The second-order valence-electron chi connectivity index (χ2n) is 6.72. The van der Waals surface area contributed by atoms with Crippen molar-refractivity contribution in [3.8, 4) is 16.9 Å². The molecule has 1 atom stereocenters. The lowest BCUT2D eigenvalue weighted by Gasteiger charge is -2.20. The van der Waals surface area contributed by atoms with Crippen LogP contribution in [0, 0.1) is 13.8 Å². The van der Waals surface area contributed by atoms with E-state index in [0.717, 1.165) is 27.8 Å². The van der Waals surface area contributed by atoms with Crippen LogP contribution in [-0.2, 0) is 0 Å². The quantitative estimate of drug-likeness (QED) is 0.686. The van der Waals surface area contributed by atoms with Gasteiger partial charge in [0.1, 0.15) is 5.75 Å². The number of aliphatic hydroxyl groups is 1. The smallest absolute Gasteiger partial charge is 0.255 e. The first-order valence-corrected chi connectivity index (χ1v) is 9.10. The van der Waals surface area contributed by atoms with E-state index >= 15 is 0 Å². The fourth-order valence-corrected chi connectivity index (χ4v) is 3.28. The van der Waals surface area contributed by atoms with Gasteiger partial charge in [0.2, 0.25) is 0 Å². The van der Waals surface area contributed by atoms with Crippen LogP contribution in [0.5, 0.6) is 5.75 Å². The molecule has 0 bridgehead atoms. The van der Waals surface area contributed by atoms with E-state index in [9.17, 15) is 9.90 Å². The van der Waals surface area contributed by atoms with Crippen molar-refractivity contribution in [2.75, 3.05) is 13.7 Å². The summed E-state index contributed by atoms with van der Waals surface area (Å²) in [5.74, 6) is 0.182. The molecule has 3 aromatic rings. The Kier molecular flexibility index (Phi) is 6.06. The maximum Gasteiger partial charge on any atom is 0.255 e. The fraction of sp³-hybridized carbons (Fsp3) is 0.217. The number of hydrogen-bond acceptors (Lipinski definition) is 4. The van der Waals surface area contributed by atoms with Crippen molar-refractivity contribution in [1.82, 2.24) is 10.3 Å². The lowest BCUT2D eigenvalue weighted by molar-refractivity contribution is 0.0913. The minimum atomic E-state index is -0.488. The van der Waals surface area contributed by atoms with Crippen molar-refractivity contribution in [2.24, 2.45) is 0 Å².